The maximum atomic E-state index is 5.72. The summed E-state index contributed by atoms with van der Waals surface area (Å²) in [6.07, 6.45) is 5.40. The zero-order valence-corrected chi connectivity index (χ0v) is 13.2. The van der Waals surface area contributed by atoms with E-state index in [9.17, 15) is 0 Å². The van der Waals surface area contributed by atoms with Gasteiger partial charge in [-0.2, -0.15) is 0 Å². The Morgan fingerprint density at radius 3 is 2.48 bits per heavy atom. The first-order valence-electron chi connectivity index (χ1n) is 8.40. The molecule has 2 aliphatic heterocycles. The van der Waals surface area contributed by atoms with Gasteiger partial charge in [-0.05, 0) is 63.2 Å². The van der Waals surface area contributed by atoms with Crippen LogP contribution in [0.2, 0.25) is 0 Å². The highest BCUT2D eigenvalue weighted by Gasteiger charge is 2.23. The average molecular weight is 288 g/mol. The van der Waals surface area contributed by atoms with E-state index in [2.05, 4.69) is 28.9 Å². The van der Waals surface area contributed by atoms with Crippen LogP contribution in [0.5, 0.6) is 0 Å². The number of nitrogens with two attached hydrogens (primary N) is 1. The first kappa shape index (κ1) is 14.8. The lowest BCUT2D eigenvalue weighted by Crippen LogP contribution is -2.38. The van der Waals surface area contributed by atoms with E-state index in [0.29, 0.717) is 6.54 Å². The number of pyridine rings is 1. The van der Waals surface area contributed by atoms with Crippen LogP contribution < -0.4 is 10.6 Å². The maximum Gasteiger partial charge on any atom is 0.128 e. The van der Waals surface area contributed by atoms with Crippen LogP contribution in [0.4, 0.5) is 5.82 Å². The lowest BCUT2D eigenvalue weighted by Gasteiger charge is -2.34. The van der Waals surface area contributed by atoms with E-state index in [-0.39, 0.29) is 0 Å². The van der Waals surface area contributed by atoms with Crippen LogP contribution in [-0.2, 0) is 6.54 Å². The van der Waals surface area contributed by atoms with Crippen molar-refractivity contribution in [3.63, 3.8) is 0 Å². The van der Waals surface area contributed by atoms with E-state index in [1.165, 1.54) is 45.3 Å². The molecule has 0 spiro atoms. The summed E-state index contributed by atoms with van der Waals surface area (Å²) in [5.74, 6) is 2.01. The predicted molar refractivity (Wildman–Crippen MR) is 87.5 cm³/mol. The molecule has 116 valence electrons. The number of hydrogen-bond donors (Lipinski definition) is 1. The standard InChI is InChI=1S/C17H28N4/c1-14-16(12-18)4-5-17(19-14)21-10-6-15(7-11-21)13-20-8-2-3-9-20/h4-5,15H,2-3,6-13,18H2,1H3. The molecular weight excluding hydrogens is 260 g/mol. The summed E-state index contributed by atoms with van der Waals surface area (Å²) < 4.78 is 0. The molecule has 0 aliphatic carbocycles. The molecule has 0 saturated carbocycles. The molecule has 3 heterocycles. The zero-order chi connectivity index (χ0) is 14.7. The monoisotopic (exact) mass is 288 g/mol. The van der Waals surface area contributed by atoms with Gasteiger partial charge in [-0.15, -0.1) is 0 Å². The Morgan fingerprint density at radius 2 is 1.86 bits per heavy atom. The van der Waals surface area contributed by atoms with Gasteiger partial charge in [0.2, 0.25) is 0 Å². The van der Waals surface area contributed by atoms with Gasteiger partial charge in [0, 0.05) is 31.9 Å². The molecule has 2 fully saturated rings. The van der Waals surface area contributed by atoms with Crippen molar-refractivity contribution in [1.29, 1.82) is 0 Å². The molecule has 1 aromatic rings. The van der Waals surface area contributed by atoms with Gasteiger partial charge >= 0.3 is 0 Å². The van der Waals surface area contributed by atoms with Crippen molar-refractivity contribution >= 4 is 5.82 Å². The Morgan fingerprint density at radius 1 is 1.14 bits per heavy atom. The minimum atomic E-state index is 0.580. The molecule has 0 radical (unpaired) electrons. The normalized spacial score (nSPS) is 21.1. The molecule has 2 saturated heterocycles. The Bertz CT molecular complexity index is 460. The Balaban J connectivity index is 1.54. The summed E-state index contributed by atoms with van der Waals surface area (Å²) in [6.45, 7) is 8.89. The Labute approximate surface area is 128 Å². The Kier molecular flexibility index (Phi) is 4.76. The van der Waals surface area contributed by atoms with Crippen LogP contribution in [0.1, 0.15) is 36.9 Å². The van der Waals surface area contributed by atoms with Gasteiger partial charge in [-0.3, -0.25) is 0 Å². The predicted octanol–water partition coefficient (Wildman–Crippen LogP) is 2.16. The second-order valence-electron chi connectivity index (χ2n) is 6.56. The molecule has 4 nitrogen and oxygen atoms in total. The van der Waals surface area contributed by atoms with Gasteiger partial charge in [-0.1, -0.05) is 6.07 Å². The molecule has 2 aliphatic rings. The summed E-state index contributed by atoms with van der Waals surface area (Å²) in [6, 6.07) is 4.27. The van der Waals surface area contributed by atoms with Gasteiger partial charge in [0.05, 0.1) is 0 Å². The van der Waals surface area contributed by atoms with Crippen LogP contribution >= 0.6 is 0 Å². The van der Waals surface area contributed by atoms with Crippen LogP contribution in [0.3, 0.4) is 0 Å². The molecule has 0 unspecified atom stereocenters. The van der Waals surface area contributed by atoms with E-state index < -0.39 is 0 Å². The molecular formula is C17H28N4. The van der Waals surface area contributed by atoms with Gasteiger partial charge in [0.25, 0.3) is 0 Å². The molecule has 2 N–H and O–H groups in total. The molecule has 3 rings (SSSR count). The number of likely N-dealkylation sites (tertiary alicyclic amines) is 1. The summed E-state index contributed by atoms with van der Waals surface area (Å²) in [5.41, 5.74) is 7.95. The fourth-order valence-electron chi connectivity index (χ4n) is 3.64. The summed E-state index contributed by atoms with van der Waals surface area (Å²) in [5, 5.41) is 0. The van der Waals surface area contributed by atoms with E-state index in [4.69, 9.17) is 10.7 Å². The molecule has 0 atom stereocenters. The van der Waals surface area contributed by atoms with Crippen molar-refractivity contribution in [2.45, 2.75) is 39.2 Å². The number of rotatable bonds is 4. The number of aromatic nitrogens is 1. The lowest BCUT2D eigenvalue weighted by molar-refractivity contribution is 0.249. The van der Waals surface area contributed by atoms with Crippen LogP contribution in [0.25, 0.3) is 0 Å². The number of aryl methyl sites for hydroxylation is 1. The van der Waals surface area contributed by atoms with Crippen LogP contribution in [0.15, 0.2) is 12.1 Å². The SMILES string of the molecule is Cc1nc(N2CCC(CN3CCCC3)CC2)ccc1CN. The third-order valence-electron chi connectivity index (χ3n) is 5.05. The summed E-state index contributed by atoms with van der Waals surface area (Å²) in [7, 11) is 0. The number of piperidine rings is 1. The van der Waals surface area contributed by atoms with Gasteiger partial charge in [0.1, 0.15) is 5.82 Å². The van der Waals surface area contributed by atoms with Crippen molar-refractivity contribution in [1.82, 2.24) is 9.88 Å². The third-order valence-corrected chi connectivity index (χ3v) is 5.05. The lowest BCUT2D eigenvalue weighted by atomic mass is 9.96. The summed E-state index contributed by atoms with van der Waals surface area (Å²) in [4.78, 5) is 9.82. The number of anilines is 1. The fraction of sp³-hybridized carbons (Fsp3) is 0.706. The number of nitrogens with zero attached hydrogens (tertiary/aromatic N) is 3. The van der Waals surface area contributed by atoms with Crippen molar-refractivity contribution < 1.29 is 0 Å². The molecule has 1 aromatic heterocycles. The van der Waals surface area contributed by atoms with E-state index in [1.807, 2.05) is 0 Å². The minimum absolute atomic E-state index is 0.580. The summed E-state index contributed by atoms with van der Waals surface area (Å²) >= 11 is 0. The fourth-order valence-corrected chi connectivity index (χ4v) is 3.64. The van der Waals surface area contributed by atoms with E-state index in [0.717, 1.165) is 36.1 Å². The highest BCUT2D eigenvalue weighted by molar-refractivity contribution is 5.42. The average Bonchev–Trinajstić information content (AvgIpc) is 3.01. The molecule has 0 aromatic carbocycles. The van der Waals surface area contributed by atoms with E-state index in [1.54, 1.807) is 0 Å². The quantitative estimate of drug-likeness (QED) is 0.922. The second kappa shape index (κ2) is 6.75. The second-order valence-corrected chi connectivity index (χ2v) is 6.56. The van der Waals surface area contributed by atoms with Crippen LogP contribution in [-0.4, -0.2) is 42.6 Å². The van der Waals surface area contributed by atoms with Gasteiger partial charge < -0.3 is 15.5 Å². The van der Waals surface area contributed by atoms with Gasteiger partial charge in [-0.25, -0.2) is 4.98 Å². The highest BCUT2D eigenvalue weighted by Crippen LogP contribution is 2.24. The first-order chi connectivity index (χ1) is 10.3. The molecule has 0 amide bonds. The number of hydrogen-bond acceptors (Lipinski definition) is 4. The first-order valence-corrected chi connectivity index (χ1v) is 8.40. The Hall–Kier alpha value is -1.13. The smallest absolute Gasteiger partial charge is 0.128 e. The highest BCUT2D eigenvalue weighted by atomic mass is 15.2. The van der Waals surface area contributed by atoms with E-state index >= 15 is 0 Å². The van der Waals surface area contributed by atoms with Crippen molar-refractivity contribution in [2.24, 2.45) is 11.7 Å². The van der Waals surface area contributed by atoms with Gasteiger partial charge in [0.15, 0.2) is 0 Å². The van der Waals surface area contributed by atoms with Crippen molar-refractivity contribution in [3.05, 3.63) is 23.4 Å². The minimum Gasteiger partial charge on any atom is -0.357 e. The van der Waals surface area contributed by atoms with Crippen molar-refractivity contribution in [2.75, 3.05) is 37.6 Å². The van der Waals surface area contributed by atoms with Crippen LogP contribution in [0, 0.1) is 12.8 Å². The third kappa shape index (κ3) is 3.55. The molecule has 21 heavy (non-hydrogen) atoms. The maximum absolute atomic E-state index is 5.72. The largest absolute Gasteiger partial charge is 0.357 e. The molecule has 4 heteroatoms. The topological polar surface area (TPSA) is 45.4 Å². The molecule has 0 bridgehead atoms. The van der Waals surface area contributed by atoms with Crippen molar-refractivity contribution in [3.8, 4) is 0 Å². The zero-order valence-electron chi connectivity index (χ0n) is 13.2.